The number of aromatic carboxylic acids is 1. The zero-order valence-corrected chi connectivity index (χ0v) is 29.5. The van der Waals surface area contributed by atoms with E-state index in [9.17, 15) is 14.3 Å². The van der Waals surface area contributed by atoms with E-state index in [1.54, 1.807) is 23.5 Å². The average Bonchev–Trinajstić information content (AvgIpc) is 3.73. The molecule has 256 valence electrons. The lowest BCUT2D eigenvalue weighted by atomic mass is 10.0. The van der Waals surface area contributed by atoms with Crippen molar-refractivity contribution in [3.63, 3.8) is 0 Å². The second-order valence-corrected chi connectivity index (χ2v) is 14.0. The SMILES string of the molecule is C#CCCCN(C)CC#Cc1ccc(OCCCc2sc(N3CCCc4c3nnc(Nc3nc5ccccc5s3)c4C)nc2C(=O)O)c(F)c1. The van der Waals surface area contributed by atoms with Gasteiger partial charge < -0.3 is 20.1 Å². The highest BCUT2D eigenvalue weighted by atomic mass is 32.1. The lowest BCUT2D eigenvalue weighted by molar-refractivity contribution is 0.0690. The Kier molecular flexibility index (Phi) is 11.2. The van der Waals surface area contributed by atoms with Crippen molar-refractivity contribution < 1.29 is 19.0 Å². The number of nitrogens with zero attached hydrogens (tertiary/aromatic N) is 6. The molecule has 2 aromatic carbocycles. The number of rotatable bonds is 13. The first-order chi connectivity index (χ1) is 24.3. The van der Waals surface area contributed by atoms with Crippen LogP contribution >= 0.6 is 22.7 Å². The van der Waals surface area contributed by atoms with Crippen molar-refractivity contribution in [1.82, 2.24) is 25.1 Å². The number of hydrogen-bond donors (Lipinski definition) is 2. The molecule has 0 fully saturated rings. The Morgan fingerprint density at radius 1 is 1.18 bits per heavy atom. The van der Waals surface area contributed by atoms with E-state index in [0.717, 1.165) is 58.7 Å². The molecule has 0 bridgehead atoms. The van der Waals surface area contributed by atoms with E-state index < -0.39 is 11.8 Å². The molecule has 6 rings (SSSR count). The van der Waals surface area contributed by atoms with E-state index >= 15 is 0 Å². The van der Waals surface area contributed by atoms with Crippen LogP contribution in [-0.4, -0.2) is 69.4 Å². The van der Waals surface area contributed by atoms with Gasteiger partial charge in [0, 0.05) is 34.5 Å². The summed E-state index contributed by atoms with van der Waals surface area (Å²) in [6.45, 7) is 4.27. The summed E-state index contributed by atoms with van der Waals surface area (Å²) in [6, 6.07) is 12.6. The van der Waals surface area contributed by atoms with Gasteiger partial charge in [-0.3, -0.25) is 4.90 Å². The number of carboxylic acids is 1. The number of para-hydroxylation sites is 1. The third-order valence-electron chi connectivity index (χ3n) is 8.21. The number of ether oxygens (including phenoxy) is 1. The number of aromatic nitrogens is 4. The summed E-state index contributed by atoms with van der Waals surface area (Å²) >= 11 is 2.88. The minimum Gasteiger partial charge on any atom is -0.491 e. The fourth-order valence-electron chi connectivity index (χ4n) is 5.62. The molecule has 3 aromatic heterocycles. The Bertz CT molecular complexity index is 2080. The first-order valence-corrected chi connectivity index (χ1v) is 18.0. The molecule has 50 heavy (non-hydrogen) atoms. The summed E-state index contributed by atoms with van der Waals surface area (Å²) in [6.07, 6.45) is 9.49. The van der Waals surface area contributed by atoms with Crippen LogP contribution in [-0.2, 0) is 12.8 Å². The minimum atomic E-state index is -1.10. The lowest BCUT2D eigenvalue weighted by Crippen LogP contribution is -2.27. The molecule has 0 saturated carbocycles. The van der Waals surface area contributed by atoms with Gasteiger partial charge in [0.25, 0.3) is 0 Å². The fraction of sp³-hybridized carbons (Fsp3) is 0.324. The number of nitrogens with one attached hydrogen (secondary N) is 1. The zero-order chi connectivity index (χ0) is 35.0. The molecule has 5 aromatic rings. The molecule has 0 saturated heterocycles. The van der Waals surface area contributed by atoms with Gasteiger partial charge in [-0.15, -0.1) is 33.9 Å². The predicted molar refractivity (Wildman–Crippen MR) is 197 cm³/mol. The average molecular weight is 710 g/mol. The van der Waals surface area contributed by atoms with Crippen LogP contribution < -0.4 is 15.0 Å². The molecule has 0 atom stereocenters. The molecular weight excluding hydrogens is 674 g/mol. The topological polar surface area (TPSA) is 117 Å². The fourth-order valence-corrected chi connectivity index (χ4v) is 7.61. The molecule has 0 aliphatic carbocycles. The molecule has 2 N–H and O–H groups in total. The van der Waals surface area contributed by atoms with Crippen molar-refractivity contribution in [3.05, 3.63) is 75.5 Å². The Labute approximate surface area is 298 Å². The van der Waals surface area contributed by atoms with E-state index in [-0.39, 0.29) is 18.1 Å². The maximum atomic E-state index is 14.8. The first kappa shape index (κ1) is 34.8. The highest BCUT2D eigenvalue weighted by Gasteiger charge is 2.28. The number of benzene rings is 2. The summed E-state index contributed by atoms with van der Waals surface area (Å²) in [5.41, 5.74) is 3.50. The van der Waals surface area contributed by atoms with Gasteiger partial charge in [0.1, 0.15) is 0 Å². The van der Waals surface area contributed by atoms with Crippen LogP contribution in [0.3, 0.4) is 0 Å². The Balaban J connectivity index is 1.08. The van der Waals surface area contributed by atoms with E-state index in [1.165, 1.54) is 17.4 Å². The third kappa shape index (κ3) is 8.20. The van der Waals surface area contributed by atoms with Gasteiger partial charge in [-0.2, -0.15) is 0 Å². The Morgan fingerprint density at radius 3 is 2.84 bits per heavy atom. The van der Waals surface area contributed by atoms with Crippen LogP contribution in [0, 0.1) is 36.9 Å². The molecule has 0 amide bonds. The maximum absolute atomic E-state index is 14.8. The van der Waals surface area contributed by atoms with Gasteiger partial charge in [0.15, 0.2) is 39.2 Å². The summed E-state index contributed by atoms with van der Waals surface area (Å²) in [5.74, 6) is 8.53. The second kappa shape index (κ2) is 16.1. The van der Waals surface area contributed by atoms with Gasteiger partial charge in [-0.1, -0.05) is 35.3 Å². The number of unbranched alkanes of at least 4 members (excludes halogenated alkanes) is 1. The van der Waals surface area contributed by atoms with Crippen LogP contribution in [0.4, 0.5) is 26.3 Å². The van der Waals surface area contributed by atoms with Crippen molar-refractivity contribution in [2.24, 2.45) is 0 Å². The van der Waals surface area contributed by atoms with Crippen molar-refractivity contribution in [2.45, 2.75) is 45.4 Å². The smallest absolute Gasteiger partial charge is 0.355 e. The molecule has 0 spiro atoms. The lowest BCUT2D eigenvalue weighted by Gasteiger charge is -2.28. The summed E-state index contributed by atoms with van der Waals surface area (Å²) in [5, 5.41) is 23.7. The van der Waals surface area contributed by atoms with Crippen LogP contribution in [0.2, 0.25) is 0 Å². The number of halogens is 1. The van der Waals surface area contributed by atoms with E-state index in [2.05, 4.69) is 48.1 Å². The standard InChI is InChI=1S/C37H36FN7O3S2/c1-4-5-8-19-44(3)20-9-12-25-17-18-29(27(38)23-25)48-22-11-16-31-32(35(46)47)40-37(50-31)45-21-10-13-26-24(2)33(42-43-34(26)45)41-36-39-28-14-6-7-15-30(28)49-36/h1,6-7,14-15,17-18,23H,5,8,10-11,13,16,19-22H2,2-3H3,(H,46,47)(H,39,41,42). The van der Waals surface area contributed by atoms with Crippen LogP contribution in [0.1, 0.15) is 57.7 Å². The van der Waals surface area contributed by atoms with E-state index in [4.69, 9.17) is 11.2 Å². The van der Waals surface area contributed by atoms with Gasteiger partial charge in [-0.25, -0.2) is 19.2 Å². The van der Waals surface area contributed by atoms with E-state index in [1.807, 2.05) is 43.1 Å². The second-order valence-electron chi connectivity index (χ2n) is 11.9. The van der Waals surface area contributed by atoms with Crippen molar-refractivity contribution >= 4 is 60.8 Å². The van der Waals surface area contributed by atoms with Crippen molar-refractivity contribution in [1.29, 1.82) is 0 Å². The first-order valence-electron chi connectivity index (χ1n) is 16.3. The Morgan fingerprint density at radius 2 is 2.04 bits per heavy atom. The maximum Gasteiger partial charge on any atom is 0.355 e. The van der Waals surface area contributed by atoms with Crippen LogP contribution in [0.15, 0.2) is 42.5 Å². The van der Waals surface area contributed by atoms with Crippen molar-refractivity contribution in [3.8, 4) is 29.9 Å². The molecule has 13 heteroatoms. The number of aryl methyl sites for hydroxylation is 1. The number of thiazole rings is 2. The zero-order valence-electron chi connectivity index (χ0n) is 27.8. The quantitative estimate of drug-likeness (QED) is 0.0959. The highest BCUT2D eigenvalue weighted by Crippen LogP contribution is 2.39. The number of carboxylic acid groups (broad SMARTS) is 1. The molecule has 1 aliphatic rings. The van der Waals surface area contributed by atoms with Gasteiger partial charge >= 0.3 is 5.97 Å². The van der Waals surface area contributed by atoms with Crippen molar-refractivity contribution in [2.75, 3.05) is 43.5 Å². The predicted octanol–water partition coefficient (Wildman–Crippen LogP) is 7.22. The number of hydrogen-bond acceptors (Lipinski definition) is 11. The molecular formula is C37H36FN7O3S2. The highest BCUT2D eigenvalue weighted by molar-refractivity contribution is 7.22. The monoisotopic (exact) mass is 709 g/mol. The Hall–Kier alpha value is -5.08. The van der Waals surface area contributed by atoms with Gasteiger partial charge in [0.05, 0.1) is 23.4 Å². The van der Waals surface area contributed by atoms with Crippen LogP contribution in [0.25, 0.3) is 10.2 Å². The molecule has 0 radical (unpaired) electrons. The molecule has 10 nitrogen and oxygen atoms in total. The summed E-state index contributed by atoms with van der Waals surface area (Å²) in [4.78, 5) is 26.0. The van der Waals surface area contributed by atoms with Crippen LogP contribution in [0.5, 0.6) is 5.75 Å². The number of anilines is 4. The number of carbonyl (C=O) groups is 1. The molecule has 0 unspecified atom stereocenters. The normalized spacial score (nSPS) is 12.3. The number of terminal acetylenes is 1. The van der Waals surface area contributed by atoms with E-state index in [0.29, 0.717) is 53.1 Å². The molecule has 1 aliphatic heterocycles. The summed E-state index contributed by atoms with van der Waals surface area (Å²) in [7, 11) is 1.97. The molecule has 4 heterocycles. The van der Waals surface area contributed by atoms with Gasteiger partial charge in [-0.05, 0) is 83.0 Å². The number of fused-ring (bicyclic) bond motifs is 2. The summed E-state index contributed by atoms with van der Waals surface area (Å²) < 4.78 is 21.6. The van der Waals surface area contributed by atoms with Gasteiger partial charge in [0.2, 0.25) is 0 Å². The largest absolute Gasteiger partial charge is 0.491 e. The third-order valence-corrected chi connectivity index (χ3v) is 10.3. The minimum absolute atomic E-state index is 0.00623.